The molecule has 3 N–H and O–H groups in total. The van der Waals surface area contributed by atoms with E-state index in [4.69, 9.17) is 10.8 Å². The number of halogens is 2. The van der Waals surface area contributed by atoms with Crippen LogP contribution in [0.25, 0.3) is 6.08 Å². The van der Waals surface area contributed by atoms with Crippen LogP contribution in [0.5, 0.6) is 0 Å². The van der Waals surface area contributed by atoms with Crippen molar-refractivity contribution >= 4 is 43.6 Å². The Morgan fingerprint density at radius 2 is 1.85 bits per heavy atom. The lowest BCUT2D eigenvalue weighted by Crippen LogP contribution is -1.89. The predicted octanol–water partition coefficient (Wildman–Crippen LogP) is 2.80. The Labute approximate surface area is 93.7 Å². The fraction of sp³-hybridized carbons (Fsp3) is 0.111. The van der Waals surface area contributed by atoms with Gasteiger partial charge in [-0.3, -0.25) is 0 Å². The minimum Gasteiger partial charge on any atom is -0.397 e. The largest absolute Gasteiger partial charge is 0.397 e. The number of hydrogen-bond acceptors (Lipinski definition) is 2. The summed E-state index contributed by atoms with van der Waals surface area (Å²) in [5, 5.41) is 8.59. The van der Waals surface area contributed by atoms with Crippen LogP contribution in [0.4, 0.5) is 5.69 Å². The number of anilines is 1. The van der Waals surface area contributed by atoms with Crippen molar-refractivity contribution in [3.05, 3.63) is 32.7 Å². The first-order valence-electron chi connectivity index (χ1n) is 3.67. The van der Waals surface area contributed by atoms with Crippen molar-refractivity contribution in [3.8, 4) is 0 Å². The Bertz CT molecular complexity index is 313. The van der Waals surface area contributed by atoms with Crippen molar-refractivity contribution in [3.63, 3.8) is 0 Å². The Hall–Kier alpha value is -0.320. The third kappa shape index (κ3) is 2.83. The van der Waals surface area contributed by atoms with Gasteiger partial charge in [0, 0.05) is 8.95 Å². The minimum atomic E-state index is 0.0413. The minimum absolute atomic E-state index is 0.0413. The average Bonchev–Trinajstić information content (AvgIpc) is 2.10. The molecule has 0 fully saturated rings. The molecule has 0 aliphatic carbocycles. The summed E-state index contributed by atoms with van der Waals surface area (Å²) in [5.41, 5.74) is 7.38. The van der Waals surface area contributed by atoms with Gasteiger partial charge in [0.25, 0.3) is 0 Å². The maximum atomic E-state index is 8.59. The van der Waals surface area contributed by atoms with Gasteiger partial charge in [0.2, 0.25) is 0 Å². The van der Waals surface area contributed by atoms with Crippen molar-refractivity contribution in [1.29, 1.82) is 0 Å². The lowest BCUT2D eigenvalue weighted by atomic mass is 10.2. The van der Waals surface area contributed by atoms with Gasteiger partial charge in [-0.25, -0.2) is 0 Å². The summed E-state index contributed by atoms with van der Waals surface area (Å²) in [5.74, 6) is 0. The first-order valence-corrected chi connectivity index (χ1v) is 5.25. The van der Waals surface area contributed by atoms with Gasteiger partial charge in [-0.2, -0.15) is 0 Å². The molecule has 1 rings (SSSR count). The van der Waals surface area contributed by atoms with Gasteiger partial charge >= 0.3 is 0 Å². The molecule has 70 valence electrons. The number of aliphatic hydroxyl groups is 1. The van der Waals surface area contributed by atoms with E-state index in [1.54, 1.807) is 6.08 Å². The van der Waals surface area contributed by atoms with Crippen LogP contribution < -0.4 is 5.73 Å². The number of hydrogen-bond donors (Lipinski definition) is 2. The van der Waals surface area contributed by atoms with Crippen molar-refractivity contribution in [2.45, 2.75) is 0 Å². The molecule has 0 spiro atoms. The van der Waals surface area contributed by atoms with E-state index >= 15 is 0 Å². The molecule has 2 nitrogen and oxygen atoms in total. The highest BCUT2D eigenvalue weighted by Gasteiger charge is 2.01. The normalized spacial score (nSPS) is 11.0. The highest BCUT2D eigenvalue weighted by Crippen LogP contribution is 2.29. The molecule has 0 bridgehead atoms. The van der Waals surface area contributed by atoms with Gasteiger partial charge in [-0.05, 0) is 49.6 Å². The first kappa shape index (κ1) is 10.8. The van der Waals surface area contributed by atoms with Crippen molar-refractivity contribution in [2.75, 3.05) is 12.3 Å². The van der Waals surface area contributed by atoms with Gasteiger partial charge < -0.3 is 10.8 Å². The van der Waals surface area contributed by atoms with E-state index in [0.29, 0.717) is 5.69 Å². The van der Waals surface area contributed by atoms with Crippen molar-refractivity contribution in [2.24, 2.45) is 0 Å². The number of benzene rings is 1. The van der Waals surface area contributed by atoms with E-state index in [1.165, 1.54) is 0 Å². The molecule has 0 heterocycles. The van der Waals surface area contributed by atoms with Crippen LogP contribution in [-0.2, 0) is 0 Å². The third-order valence-electron chi connectivity index (χ3n) is 1.52. The molecular formula is C9H9Br2NO. The van der Waals surface area contributed by atoms with Crippen LogP contribution >= 0.6 is 31.9 Å². The van der Waals surface area contributed by atoms with Crippen LogP contribution in [0, 0.1) is 0 Å². The van der Waals surface area contributed by atoms with Crippen LogP contribution in [-0.4, -0.2) is 11.7 Å². The van der Waals surface area contributed by atoms with Gasteiger partial charge in [0.1, 0.15) is 0 Å². The second-order valence-corrected chi connectivity index (χ2v) is 4.19. The Morgan fingerprint density at radius 1 is 1.31 bits per heavy atom. The van der Waals surface area contributed by atoms with Crippen LogP contribution in [0.2, 0.25) is 0 Å². The molecule has 0 saturated carbocycles. The zero-order valence-electron chi connectivity index (χ0n) is 6.80. The van der Waals surface area contributed by atoms with Gasteiger partial charge in [-0.1, -0.05) is 12.2 Å². The smallest absolute Gasteiger partial charge is 0.0615 e. The SMILES string of the molecule is Nc1c(Br)cc(C=CCO)cc1Br. The molecule has 0 amide bonds. The van der Waals surface area contributed by atoms with Crippen molar-refractivity contribution in [1.82, 2.24) is 0 Å². The van der Waals surface area contributed by atoms with Crippen LogP contribution in [0.3, 0.4) is 0 Å². The molecule has 0 aliphatic rings. The fourth-order valence-electron chi connectivity index (χ4n) is 0.889. The molecule has 1 aromatic rings. The lowest BCUT2D eigenvalue weighted by Gasteiger charge is -2.02. The second-order valence-electron chi connectivity index (χ2n) is 2.48. The molecule has 13 heavy (non-hydrogen) atoms. The van der Waals surface area contributed by atoms with Gasteiger partial charge in [-0.15, -0.1) is 0 Å². The molecule has 0 saturated heterocycles. The molecule has 0 unspecified atom stereocenters. The molecule has 0 aromatic heterocycles. The zero-order valence-corrected chi connectivity index (χ0v) is 9.97. The summed E-state index contributed by atoms with van der Waals surface area (Å²) < 4.78 is 1.69. The molecule has 0 atom stereocenters. The Balaban J connectivity index is 3.06. The summed E-state index contributed by atoms with van der Waals surface area (Å²) in [6.07, 6.45) is 3.50. The second kappa shape index (κ2) is 4.79. The maximum absolute atomic E-state index is 8.59. The molecule has 4 heteroatoms. The van der Waals surface area contributed by atoms with Crippen LogP contribution in [0.1, 0.15) is 5.56 Å². The maximum Gasteiger partial charge on any atom is 0.0615 e. The van der Waals surface area contributed by atoms with E-state index in [1.807, 2.05) is 18.2 Å². The number of rotatable bonds is 2. The molecule has 0 radical (unpaired) electrons. The summed E-state index contributed by atoms with van der Waals surface area (Å²) in [6, 6.07) is 3.79. The van der Waals surface area contributed by atoms with Gasteiger partial charge in [0.15, 0.2) is 0 Å². The first-order chi connectivity index (χ1) is 6.15. The molecule has 1 aromatic carbocycles. The predicted molar refractivity (Wildman–Crippen MR) is 62.4 cm³/mol. The Kier molecular flexibility index (Phi) is 3.96. The summed E-state index contributed by atoms with van der Waals surface area (Å²) in [4.78, 5) is 0. The highest BCUT2D eigenvalue weighted by atomic mass is 79.9. The lowest BCUT2D eigenvalue weighted by molar-refractivity contribution is 0.343. The third-order valence-corrected chi connectivity index (χ3v) is 2.83. The molecule has 0 aliphatic heterocycles. The number of nitrogens with two attached hydrogens (primary N) is 1. The van der Waals surface area contributed by atoms with E-state index in [9.17, 15) is 0 Å². The summed E-state index contributed by atoms with van der Waals surface area (Å²) in [7, 11) is 0. The number of aliphatic hydroxyl groups excluding tert-OH is 1. The standard InChI is InChI=1S/C9H9Br2NO/c10-7-4-6(2-1-3-13)5-8(11)9(7)12/h1-2,4-5,13H,3,12H2. The monoisotopic (exact) mass is 305 g/mol. The zero-order chi connectivity index (χ0) is 9.84. The number of nitrogen functional groups attached to an aromatic ring is 1. The van der Waals surface area contributed by atoms with E-state index < -0.39 is 0 Å². The van der Waals surface area contributed by atoms with Crippen LogP contribution in [0.15, 0.2) is 27.2 Å². The van der Waals surface area contributed by atoms with Crippen molar-refractivity contribution < 1.29 is 5.11 Å². The summed E-state index contributed by atoms with van der Waals surface area (Å²) in [6.45, 7) is 0.0413. The van der Waals surface area contributed by atoms with Gasteiger partial charge in [0.05, 0.1) is 12.3 Å². The highest BCUT2D eigenvalue weighted by molar-refractivity contribution is 9.11. The Morgan fingerprint density at radius 3 is 2.31 bits per heavy atom. The topological polar surface area (TPSA) is 46.2 Å². The van der Waals surface area contributed by atoms with E-state index in [-0.39, 0.29) is 6.61 Å². The fourth-order valence-corrected chi connectivity index (χ4v) is 2.11. The van der Waals surface area contributed by atoms with E-state index in [0.717, 1.165) is 14.5 Å². The quantitative estimate of drug-likeness (QED) is 0.825. The molecular weight excluding hydrogens is 298 g/mol. The average molecular weight is 307 g/mol. The summed E-state index contributed by atoms with van der Waals surface area (Å²) >= 11 is 6.67. The van der Waals surface area contributed by atoms with E-state index in [2.05, 4.69) is 31.9 Å².